The number of carboxylic acid groups (broad SMARTS) is 1. The quantitative estimate of drug-likeness (QED) is 0.384. The molecule has 4 rings (SSSR count). The van der Waals surface area contributed by atoms with Crippen LogP contribution < -0.4 is 0 Å². The highest BCUT2D eigenvalue weighted by atomic mass is 35.5. The number of hydrogen-bond acceptors (Lipinski definition) is 6. The van der Waals surface area contributed by atoms with Crippen LogP contribution in [0.1, 0.15) is 30.9 Å². The number of Topliss-reactive ketones (excluding diaryl/α,β-unsaturated/α-hetero) is 1. The lowest BCUT2D eigenvalue weighted by Gasteiger charge is -2.38. The van der Waals surface area contributed by atoms with E-state index in [0.29, 0.717) is 38.3 Å². The van der Waals surface area contributed by atoms with Gasteiger partial charge in [0.2, 0.25) is 5.91 Å². The Hall–Kier alpha value is -1.65. The summed E-state index contributed by atoms with van der Waals surface area (Å²) in [4.78, 5) is 41.7. The number of hydrogen-bond donors (Lipinski definition) is 2. The van der Waals surface area contributed by atoms with Gasteiger partial charge in [-0.05, 0) is 30.9 Å². The topological polar surface area (TPSA) is 81.2 Å². The van der Waals surface area contributed by atoms with Crippen molar-refractivity contribution in [2.75, 3.05) is 45.8 Å². The zero-order valence-corrected chi connectivity index (χ0v) is 21.9. The van der Waals surface area contributed by atoms with Gasteiger partial charge in [0.05, 0.1) is 12.6 Å². The summed E-state index contributed by atoms with van der Waals surface area (Å²) in [6.45, 7) is 2.63. The lowest BCUT2D eigenvalue weighted by Crippen LogP contribution is -2.51. The first-order chi connectivity index (χ1) is 15.8. The Labute approximate surface area is 222 Å². The van der Waals surface area contributed by atoms with Crippen LogP contribution in [0.2, 0.25) is 0 Å². The second-order valence-electron chi connectivity index (χ2n) is 9.10. The van der Waals surface area contributed by atoms with Crippen LogP contribution in [0.15, 0.2) is 35.9 Å². The van der Waals surface area contributed by atoms with Crippen LogP contribution >= 0.6 is 37.4 Å². The van der Waals surface area contributed by atoms with Crippen LogP contribution in [0, 0.1) is 11.7 Å². The Morgan fingerprint density at radius 1 is 1.11 bits per heavy atom. The third-order valence-corrected chi connectivity index (χ3v) is 7.24. The van der Waals surface area contributed by atoms with E-state index < -0.39 is 12.0 Å². The van der Waals surface area contributed by atoms with Crippen molar-refractivity contribution in [3.05, 3.63) is 47.3 Å². The van der Waals surface area contributed by atoms with Crippen molar-refractivity contribution in [3.63, 3.8) is 0 Å². The molecule has 1 aromatic rings. The molecule has 0 radical (unpaired) electrons. The molecule has 0 aromatic heterocycles. The number of carbonyl (C=O) groups is 3. The molecule has 35 heavy (non-hydrogen) atoms. The van der Waals surface area contributed by atoms with Crippen LogP contribution in [0.3, 0.4) is 0 Å². The zero-order valence-electron chi connectivity index (χ0n) is 19.3. The van der Waals surface area contributed by atoms with Gasteiger partial charge in [-0.2, -0.15) is 12.6 Å². The Kier molecular flexibility index (Phi) is 11.0. The van der Waals surface area contributed by atoms with Crippen LogP contribution in [0.25, 0.3) is 0 Å². The highest BCUT2D eigenvalue weighted by Crippen LogP contribution is 2.39. The van der Waals surface area contributed by atoms with Gasteiger partial charge in [0.1, 0.15) is 12.4 Å². The summed E-state index contributed by atoms with van der Waals surface area (Å²) in [6.07, 6.45) is 4.56. The number of ketones is 1. The Morgan fingerprint density at radius 3 is 2.46 bits per heavy atom. The average molecular weight is 549 g/mol. The molecule has 1 aromatic carbocycles. The molecular formula is C24H32Cl2FN3O4S. The first-order valence-electron chi connectivity index (χ1n) is 11.4. The summed E-state index contributed by atoms with van der Waals surface area (Å²) in [7, 11) is 0. The second-order valence-corrected chi connectivity index (χ2v) is 9.72. The van der Waals surface area contributed by atoms with E-state index in [4.69, 9.17) is 17.7 Å². The van der Waals surface area contributed by atoms with Gasteiger partial charge in [0, 0.05) is 49.5 Å². The van der Waals surface area contributed by atoms with E-state index in [1.807, 2.05) is 4.90 Å². The molecule has 11 heteroatoms. The van der Waals surface area contributed by atoms with Gasteiger partial charge in [0.15, 0.2) is 5.78 Å². The summed E-state index contributed by atoms with van der Waals surface area (Å²) >= 11 is 4.73. The molecule has 0 bridgehead atoms. The van der Waals surface area contributed by atoms with Gasteiger partial charge in [-0.3, -0.25) is 24.2 Å². The van der Waals surface area contributed by atoms with Crippen LogP contribution in [0.5, 0.6) is 0 Å². The number of thiol groups is 1. The molecule has 2 unspecified atom stereocenters. The highest BCUT2D eigenvalue weighted by Gasteiger charge is 2.40. The first kappa shape index (κ1) is 29.6. The lowest BCUT2D eigenvalue weighted by atomic mass is 9.93. The van der Waals surface area contributed by atoms with Gasteiger partial charge in [-0.25, -0.2) is 4.39 Å². The minimum absolute atomic E-state index is 0. The number of piperidine rings is 1. The third-order valence-electron chi connectivity index (χ3n) is 6.65. The monoisotopic (exact) mass is 547 g/mol. The Bertz CT molecular complexity index is 962. The maximum absolute atomic E-state index is 14.7. The molecule has 1 aliphatic carbocycles. The van der Waals surface area contributed by atoms with Crippen molar-refractivity contribution in [1.82, 2.24) is 14.7 Å². The van der Waals surface area contributed by atoms with Gasteiger partial charge in [0.25, 0.3) is 0 Å². The number of carboxylic acids is 1. The summed E-state index contributed by atoms with van der Waals surface area (Å²) in [6, 6.07) is 5.93. The fourth-order valence-corrected chi connectivity index (χ4v) is 4.92. The van der Waals surface area contributed by atoms with E-state index in [1.165, 1.54) is 11.0 Å². The normalized spacial score (nSPS) is 23.4. The fourth-order valence-electron chi connectivity index (χ4n) is 4.62. The van der Waals surface area contributed by atoms with Crippen LogP contribution in [0.4, 0.5) is 4.39 Å². The summed E-state index contributed by atoms with van der Waals surface area (Å²) < 4.78 is 14.7. The van der Waals surface area contributed by atoms with Crippen molar-refractivity contribution in [3.8, 4) is 0 Å². The Balaban J connectivity index is 0.00000216. The number of halogens is 3. The van der Waals surface area contributed by atoms with Crippen LogP contribution in [-0.4, -0.2) is 88.5 Å². The largest absolute Gasteiger partial charge is 0.480 e. The van der Waals surface area contributed by atoms with E-state index in [9.17, 15) is 18.8 Å². The predicted molar refractivity (Wildman–Crippen MR) is 139 cm³/mol. The van der Waals surface area contributed by atoms with E-state index >= 15 is 0 Å². The van der Waals surface area contributed by atoms with E-state index in [2.05, 4.69) is 11.0 Å². The van der Waals surface area contributed by atoms with Gasteiger partial charge in [-0.1, -0.05) is 24.3 Å². The fraction of sp³-hybridized carbons (Fsp3) is 0.542. The SMILES string of the molecule is Cl.Cl.O=C(O)CN1CCN(CC=C2CN(C(C(=O)C3CC3)c3ccccc3F)CCC2S)CC1=O. The summed E-state index contributed by atoms with van der Waals surface area (Å²) in [5.41, 5.74) is 1.50. The van der Waals surface area contributed by atoms with E-state index in [0.717, 1.165) is 24.8 Å². The van der Waals surface area contributed by atoms with Crippen molar-refractivity contribution in [1.29, 1.82) is 0 Å². The van der Waals surface area contributed by atoms with Crippen molar-refractivity contribution in [2.24, 2.45) is 5.92 Å². The lowest BCUT2D eigenvalue weighted by molar-refractivity contribution is -0.146. The molecule has 3 fully saturated rings. The number of aliphatic carboxylic acids is 1. The number of rotatable bonds is 8. The van der Waals surface area contributed by atoms with Crippen molar-refractivity contribution < 1.29 is 23.9 Å². The number of piperazine rings is 1. The first-order valence-corrected chi connectivity index (χ1v) is 12.0. The molecule has 1 saturated carbocycles. The minimum atomic E-state index is -1.01. The van der Waals surface area contributed by atoms with E-state index in [-0.39, 0.29) is 66.6 Å². The predicted octanol–water partition coefficient (Wildman–Crippen LogP) is 2.85. The summed E-state index contributed by atoms with van der Waals surface area (Å²) in [5, 5.41) is 8.96. The maximum Gasteiger partial charge on any atom is 0.323 e. The van der Waals surface area contributed by atoms with Gasteiger partial charge in [-0.15, -0.1) is 24.8 Å². The summed E-state index contributed by atoms with van der Waals surface area (Å²) in [5.74, 6) is -1.44. The third kappa shape index (κ3) is 7.43. The average Bonchev–Trinajstić information content (AvgIpc) is 3.62. The standard InChI is InChI=1S/C24H30FN3O4S.2ClH/c25-19-4-2-1-3-18(19)23(24(32)16-5-6-16)28-10-8-20(33)17(13-28)7-9-26-11-12-27(15-22(30)31)21(29)14-26;;/h1-4,7,16,20,23,33H,5-6,8-15H2,(H,30,31);2*1H. The maximum atomic E-state index is 14.7. The molecule has 2 atom stereocenters. The number of carbonyl (C=O) groups excluding carboxylic acids is 2. The molecule has 1 amide bonds. The highest BCUT2D eigenvalue weighted by molar-refractivity contribution is 7.81. The van der Waals surface area contributed by atoms with Gasteiger partial charge >= 0.3 is 5.97 Å². The van der Waals surface area contributed by atoms with E-state index in [1.54, 1.807) is 18.2 Å². The molecule has 0 spiro atoms. The van der Waals surface area contributed by atoms with Gasteiger partial charge < -0.3 is 10.0 Å². The number of amides is 1. The molecule has 3 aliphatic rings. The molecule has 1 N–H and O–H groups in total. The molecule has 2 heterocycles. The Morgan fingerprint density at radius 2 is 1.83 bits per heavy atom. The van der Waals surface area contributed by atoms with Crippen molar-refractivity contribution >= 4 is 55.1 Å². The number of nitrogens with zero attached hydrogens (tertiary/aromatic N) is 3. The second kappa shape index (κ2) is 13.1. The van der Waals surface area contributed by atoms with Crippen LogP contribution in [-0.2, 0) is 14.4 Å². The minimum Gasteiger partial charge on any atom is -0.480 e. The molecule has 2 aliphatic heterocycles. The molecule has 194 valence electrons. The number of benzene rings is 1. The molecular weight excluding hydrogens is 516 g/mol. The molecule has 7 nitrogen and oxygen atoms in total. The zero-order chi connectivity index (χ0) is 23.5. The smallest absolute Gasteiger partial charge is 0.323 e. The number of likely N-dealkylation sites (tertiary alicyclic amines) is 1. The van der Waals surface area contributed by atoms with Crippen molar-refractivity contribution in [2.45, 2.75) is 30.6 Å². The molecule has 2 saturated heterocycles.